The van der Waals surface area contributed by atoms with Crippen LogP contribution in [0.5, 0.6) is 5.75 Å². The zero-order valence-corrected chi connectivity index (χ0v) is 14.2. The molecule has 1 aromatic rings. The van der Waals surface area contributed by atoms with Crippen molar-refractivity contribution < 1.29 is 14.6 Å². The second-order valence-corrected chi connectivity index (χ2v) is 6.74. The van der Waals surface area contributed by atoms with Gasteiger partial charge in [0.05, 0.1) is 11.2 Å². The number of likely N-dealkylation sites (tertiary alicyclic amines) is 1. The van der Waals surface area contributed by atoms with Gasteiger partial charge in [0, 0.05) is 19.1 Å². The molecule has 21 heavy (non-hydrogen) atoms. The van der Waals surface area contributed by atoms with Gasteiger partial charge >= 0.3 is 6.09 Å². The molecule has 0 saturated carbocycles. The van der Waals surface area contributed by atoms with E-state index in [1.165, 1.54) is 10.5 Å². The Labute approximate surface area is 138 Å². The van der Waals surface area contributed by atoms with Crippen LogP contribution < -0.4 is 10.1 Å². The van der Waals surface area contributed by atoms with Gasteiger partial charge in [0.2, 0.25) is 0 Å². The largest absolute Gasteiger partial charge is 0.497 e. The van der Waals surface area contributed by atoms with Gasteiger partial charge < -0.3 is 20.1 Å². The van der Waals surface area contributed by atoms with E-state index in [1.807, 2.05) is 12.1 Å². The summed E-state index contributed by atoms with van der Waals surface area (Å²) in [5.74, 6) is 0.880. The molecule has 1 amide bonds. The highest BCUT2D eigenvalue weighted by Crippen LogP contribution is 2.18. The van der Waals surface area contributed by atoms with Crippen LogP contribution in [0.15, 0.2) is 24.3 Å². The molecule has 0 bridgehead atoms. The third kappa shape index (κ3) is 5.03. The van der Waals surface area contributed by atoms with Crippen molar-refractivity contribution in [2.45, 2.75) is 29.4 Å². The Morgan fingerprint density at radius 2 is 2.24 bits per heavy atom. The van der Waals surface area contributed by atoms with Crippen LogP contribution in [0.4, 0.5) is 4.79 Å². The van der Waals surface area contributed by atoms with Crippen molar-refractivity contribution >= 4 is 28.7 Å². The molecule has 1 aliphatic heterocycles. The molecule has 1 atom stereocenters. The molecule has 1 heterocycles. The summed E-state index contributed by atoms with van der Waals surface area (Å²) in [7, 11) is 1.68. The highest BCUT2D eigenvalue weighted by molar-refractivity contribution is 14.1. The molecular formula is C15H21IN2O3. The SMILES string of the molecule is COc1cccc(CC(I)NC2CCN(C(=O)O)CC2)c1. The quantitative estimate of drug-likeness (QED) is 0.450. The lowest BCUT2D eigenvalue weighted by atomic mass is 10.0. The van der Waals surface area contributed by atoms with Crippen LogP contribution in [0.1, 0.15) is 18.4 Å². The van der Waals surface area contributed by atoms with Gasteiger partial charge in [-0.3, -0.25) is 0 Å². The number of carboxylic acid groups (broad SMARTS) is 1. The van der Waals surface area contributed by atoms with Crippen LogP contribution in [0, 0.1) is 0 Å². The van der Waals surface area contributed by atoms with Crippen molar-refractivity contribution in [1.29, 1.82) is 0 Å². The number of piperidine rings is 1. The van der Waals surface area contributed by atoms with E-state index in [0.29, 0.717) is 23.2 Å². The molecule has 1 fully saturated rings. The monoisotopic (exact) mass is 404 g/mol. The van der Waals surface area contributed by atoms with Crippen LogP contribution in [0.3, 0.4) is 0 Å². The summed E-state index contributed by atoms with van der Waals surface area (Å²) < 4.78 is 5.57. The molecule has 0 aliphatic carbocycles. The first kappa shape index (κ1) is 16.4. The molecule has 1 aliphatic rings. The molecule has 0 radical (unpaired) electrons. The number of amides is 1. The smallest absolute Gasteiger partial charge is 0.407 e. The summed E-state index contributed by atoms with van der Waals surface area (Å²) in [6.45, 7) is 1.24. The Hall–Kier alpha value is -1.02. The number of alkyl halides is 1. The summed E-state index contributed by atoms with van der Waals surface area (Å²) in [4.78, 5) is 12.4. The number of methoxy groups -OCH3 is 1. The van der Waals surface area contributed by atoms with Gasteiger partial charge in [-0.15, -0.1) is 0 Å². The normalized spacial score (nSPS) is 17.5. The molecule has 1 saturated heterocycles. The number of benzene rings is 1. The fraction of sp³-hybridized carbons (Fsp3) is 0.533. The second kappa shape index (κ2) is 7.84. The number of halogens is 1. The maximum Gasteiger partial charge on any atom is 0.407 e. The minimum Gasteiger partial charge on any atom is -0.497 e. The standard InChI is InChI=1S/C15H21IN2O3/c1-21-13-4-2-3-11(9-13)10-14(16)17-12-5-7-18(8-6-12)15(19)20/h2-4,9,12,14,17H,5-8,10H2,1H3,(H,19,20). The lowest BCUT2D eigenvalue weighted by molar-refractivity contribution is 0.129. The first-order chi connectivity index (χ1) is 10.1. The minimum absolute atomic E-state index is 0.330. The molecule has 1 aromatic carbocycles. The van der Waals surface area contributed by atoms with Gasteiger partial charge in [0.1, 0.15) is 5.75 Å². The highest BCUT2D eigenvalue weighted by atomic mass is 127. The van der Waals surface area contributed by atoms with E-state index in [0.717, 1.165) is 25.0 Å². The predicted octanol–water partition coefficient (Wildman–Crippen LogP) is 2.73. The van der Waals surface area contributed by atoms with Crippen LogP contribution in [-0.4, -0.2) is 46.4 Å². The molecule has 1 unspecified atom stereocenters. The van der Waals surface area contributed by atoms with E-state index in [9.17, 15) is 4.79 Å². The average Bonchev–Trinajstić information content (AvgIpc) is 2.47. The average molecular weight is 404 g/mol. The van der Waals surface area contributed by atoms with E-state index in [2.05, 4.69) is 40.0 Å². The molecule has 2 rings (SSSR count). The van der Waals surface area contributed by atoms with Gasteiger partial charge in [-0.25, -0.2) is 4.79 Å². The Kier molecular flexibility index (Phi) is 6.10. The third-order valence-corrected chi connectivity index (χ3v) is 4.53. The third-order valence-electron chi connectivity index (χ3n) is 3.73. The first-order valence-corrected chi connectivity index (χ1v) is 8.34. The fourth-order valence-corrected chi connectivity index (χ4v) is 3.58. The Morgan fingerprint density at radius 3 is 2.86 bits per heavy atom. The summed E-state index contributed by atoms with van der Waals surface area (Å²) >= 11 is 2.41. The van der Waals surface area contributed by atoms with Crippen LogP contribution in [-0.2, 0) is 6.42 Å². The zero-order chi connectivity index (χ0) is 15.2. The topological polar surface area (TPSA) is 61.8 Å². The summed E-state index contributed by atoms with van der Waals surface area (Å²) in [6, 6.07) is 8.50. The maximum atomic E-state index is 10.9. The first-order valence-electron chi connectivity index (χ1n) is 7.09. The molecule has 5 nitrogen and oxygen atoms in total. The molecule has 6 heteroatoms. The fourth-order valence-electron chi connectivity index (χ4n) is 2.56. The van der Waals surface area contributed by atoms with Gasteiger partial charge in [0.15, 0.2) is 0 Å². The number of nitrogens with one attached hydrogen (secondary N) is 1. The molecule has 116 valence electrons. The van der Waals surface area contributed by atoms with Gasteiger partial charge in [-0.2, -0.15) is 0 Å². The molecule has 0 spiro atoms. The predicted molar refractivity (Wildman–Crippen MR) is 90.3 cm³/mol. The lowest BCUT2D eigenvalue weighted by Crippen LogP contribution is -2.46. The summed E-state index contributed by atoms with van der Waals surface area (Å²) in [6.07, 6.45) is 1.88. The van der Waals surface area contributed by atoms with Crippen molar-refractivity contribution in [2.75, 3.05) is 20.2 Å². The summed E-state index contributed by atoms with van der Waals surface area (Å²) in [5, 5.41) is 12.5. The van der Waals surface area contributed by atoms with Crippen molar-refractivity contribution in [1.82, 2.24) is 10.2 Å². The lowest BCUT2D eigenvalue weighted by Gasteiger charge is -2.32. The van der Waals surface area contributed by atoms with Crippen LogP contribution in [0.25, 0.3) is 0 Å². The van der Waals surface area contributed by atoms with Crippen LogP contribution >= 0.6 is 22.6 Å². The molecular weight excluding hydrogens is 383 g/mol. The van der Waals surface area contributed by atoms with Gasteiger partial charge in [0.25, 0.3) is 0 Å². The van der Waals surface area contributed by atoms with Gasteiger partial charge in [-0.05, 0) is 37.0 Å². The Bertz CT molecular complexity index is 476. The van der Waals surface area contributed by atoms with Crippen molar-refractivity contribution in [3.05, 3.63) is 29.8 Å². The Morgan fingerprint density at radius 1 is 1.52 bits per heavy atom. The minimum atomic E-state index is -0.809. The van der Waals surface area contributed by atoms with E-state index in [1.54, 1.807) is 7.11 Å². The number of hydrogen-bond donors (Lipinski definition) is 2. The molecule has 0 aromatic heterocycles. The number of ether oxygens (including phenoxy) is 1. The van der Waals surface area contributed by atoms with E-state index in [-0.39, 0.29) is 0 Å². The zero-order valence-electron chi connectivity index (χ0n) is 12.1. The number of carbonyl (C=O) groups is 1. The molecule has 2 N–H and O–H groups in total. The summed E-state index contributed by atoms with van der Waals surface area (Å²) in [5.41, 5.74) is 1.24. The number of nitrogens with zero attached hydrogens (tertiary/aromatic N) is 1. The van der Waals surface area contributed by atoms with Crippen LogP contribution in [0.2, 0.25) is 0 Å². The van der Waals surface area contributed by atoms with E-state index < -0.39 is 6.09 Å². The van der Waals surface area contributed by atoms with Crippen molar-refractivity contribution in [3.8, 4) is 5.75 Å². The van der Waals surface area contributed by atoms with E-state index >= 15 is 0 Å². The van der Waals surface area contributed by atoms with Crippen molar-refractivity contribution in [2.24, 2.45) is 0 Å². The maximum absolute atomic E-state index is 10.9. The van der Waals surface area contributed by atoms with E-state index in [4.69, 9.17) is 9.84 Å². The number of hydrogen-bond acceptors (Lipinski definition) is 3. The number of rotatable bonds is 5. The van der Waals surface area contributed by atoms with Gasteiger partial charge in [-0.1, -0.05) is 34.7 Å². The Balaban J connectivity index is 1.79. The van der Waals surface area contributed by atoms with Crippen molar-refractivity contribution in [3.63, 3.8) is 0 Å². The highest BCUT2D eigenvalue weighted by Gasteiger charge is 2.23. The second-order valence-electron chi connectivity index (χ2n) is 5.23.